The number of rotatable bonds is 4. The third-order valence-corrected chi connectivity index (χ3v) is 6.49. The summed E-state index contributed by atoms with van der Waals surface area (Å²) in [6.45, 7) is 0.691. The summed E-state index contributed by atoms with van der Waals surface area (Å²) in [6, 6.07) is 4.51. The van der Waals surface area contributed by atoms with E-state index >= 15 is 0 Å². The molecule has 3 rings (SSSR count). The summed E-state index contributed by atoms with van der Waals surface area (Å²) in [4.78, 5) is 14.3. The molecule has 22 heavy (non-hydrogen) atoms. The Morgan fingerprint density at radius 1 is 1.27 bits per heavy atom. The van der Waals surface area contributed by atoms with Crippen molar-refractivity contribution in [3.05, 3.63) is 22.4 Å². The van der Waals surface area contributed by atoms with E-state index in [-0.39, 0.29) is 23.7 Å². The predicted octanol–water partition coefficient (Wildman–Crippen LogP) is 3.62. The number of halogens is 1. The summed E-state index contributed by atoms with van der Waals surface area (Å²) in [7, 11) is 0. The van der Waals surface area contributed by atoms with Crippen LogP contribution in [-0.4, -0.2) is 18.5 Å². The van der Waals surface area contributed by atoms with Gasteiger partial charge in [0.1, 0.15) is 0 Å². The number of carbonyl (C=O) groups is 1. The highest BCUT2D eigenvalue weighted by atomic mass is 35.5. The van der Waals surface area contributed by atoms with Crippen LogP contribution in [-0.2, 0) is 10.2 Å². The maximum absolute atomic E-state index is 13.1. The summed E-state index contributed by atoms with van der Waals surface area (Å²) in [6.07, 6.45) is 9.03. The summed E-state index contributed by atoms with van der Waals surface area (Å²) < 4.78 is 0. The zero-order valence-electron chi connectivity index (χ0n) is 13.1. The average molecular weight is 343 g/mol. The molecule has 3 N–H and O–H groups in total. The van der Waals surface area contributed by atoms with Crippen LogP contribution in [0.1, 0.15) is 56.2 Å². The van der Waals surface area contributed by atoms with Gasteiger partial charge in [-0.3, -0.25) is 4.79 Å². The number of thiophene rings is 1. The quantitative estimate of drug-likeness (QED) is 0.878. The third-order valence-electron chi connectivity index (χ3n) is 5.41. The molecule has 2 atom stereocenters. The van der Waals surface area contributed by atoms with E-state index in [2.05, 4.69) is 22.8 Å². The predicted molar refractivity (Wildman–Crippen MR) is 94.7 cm³/mol. The summed E-state index contributed by atoms with van der Waals surface area (Å²) in [5, 5.41) is 5.46. The molecule has 2 saturated carbocycles. The highest BCUT2D eigenvalue weighted by molar-refractivity contribution is 7.10. The average Bonchev–Trinajstić information content (AvgIpc) is 3.19. The van der Waals surface area contributed by atoms with E-state index in [0.717, 1.165) is 38.5 Å². The van der Waals surface area contributed by atoms with Crippen molar-refractivity contribution in [1.82, 2.24) is 5.32 Å². The van der Waals surface area contributed by atoms with Gasteiger partial charge in [0.15, 0.2) is 0 Å². The van der Waals surface area contributed by atoms with Crippen LogP contribution >= 0.6 is 23.7 Å². The van der Waals surface area contributed by atoms with Crippen LogP contribution in [0.2, 0.25) is 0 Å². The lowest BCUT2D eigenvalue weighted by Gasteiger charge is -2.36. The molecule has 2 aliphatic rings. The Kier molecular flexibility index (Phi) is 6.30. The molecule has 5 heteroatoms. The van der Waals surface area contributed by atoms with Crippen LogP contribution in [0.25, 0.3) is 0 Å². The Balaban J connectivity index is 0.00000176. The molecule has 2 aliphatic carbocycles. The van der Waals surface area contributed by atoms with Gasteiger partial charge in [-0.05, 0) is 49.6 Å². The van der Waals surface area contributed by atoms with Crippen LogP contribution < -0.4 is 11.1 Å². The second kappa shape index (κ2) is 7.80. The van der Waals surface area contributed by atoms with E-state index in [9.17, 15) is 4.79 Å². The first-order valence-corrected chi connectivity index (χ1v) is 9.19. The minimum atomic E-state index is -0.270. The van der Waals surface area contributed by atoms with Gasteiger partial charge in [-0.25, -0.2) is 0 Å². The van der Waals surface area contributed by atoms with Crippen molar-refractivity contribution in [3.8, 4) is 0 Å². The van der Waals surface area contributed by atoms with Gasteiger partial charge in [0.2, 0.25) is 5.91 Å². The molecule has 0 aliphatic heterocycles. The second-order valence-electron chi connectivity index (χ2n) is 6.63. The number of hydrogen-bond donors (Lipinski definition) is 2. The Morgan fingerprint density at radius 2 is 2.05 bits per heavy atom. The molecule has 0 radical (unpaired) electrons. The zero-order valence-corrected chi connectivity index (χ0v) is 14.7. The number of carbonyl (C=O) groups excluding carboxylic acids is 1. The molecule has 3 nitrogen and oxygen atoms in total. The van der Waals surface area contributed by atoms with Crippen molar-refractivity contribution < 1.29 is 4.79 Å². The lowest BCUT2D eigenvalue weighted by Crippen LogP contribution is -2.50. The standard InChI is InChI=1S/C17H26N2OS.ClH/c18-12-13-6-4-7-14(13)19-16(20)17(9-2-1-3-10-17)15-8-5-11-21-15;/h5,8,11,13-14H,1-4,6-7,9-10,12,18H2,(H,19,20);1H. The monoisotopic (exact) mass is 342 g/mol. The van der Waals surface area contributed by atoms with Crippen molar-refractivity contribution in [2.45, 2.75) is 62.8 Å². The van der Waals surface area contributed by atoms with Crippen molar-refractivity contribution >= 4 is 29.7 Å². The molecule has 1 heterocycles. The Labute approximate surface area is 143 Å². The molecule has 0 spiro atoms. The van der Waals surface area contributed by atoms with Gasteiger partial charge < -0.3 is 11.1 Å². The van der Waals surface area contributed by atoms with Crippen LogP contribution in [0, 0.1) is 5.92 Å². The van der Waals surface area contributed by atoms with Gasteiger partial charge in [-0.2, -0.15) is 0 Å². The normalized spacial score (nSPS) is 27.1. The molecule has 0 saturated heterocycles. The lowest BCUT2D eigenvalue weighted by molar-refractivity contribution is -0.128. The minimum Gasteiger partial charge on any atom is -0.352 e. The van der Waals surface area contributed by atoms with Crippen LogP contribution in [0.3, 0.4) is 0 Å². The van der Waals surface area contributed by atoms with E-state index < -0.39 is 0 Å². The van der Waals surface area contributed by atoms with Crippen molar-refractivity contribution in [2.24, 2.45) is 11.7 Å². The van der Waals surface area contributed by atoms with E-state index in [4.69, 9.17) is 5.73 Å². The van der Waals surface area contributed by atoms with Crippen LogP contribution in [0.4, 0.5) is 0 Å². The van der Waals surface area contributed by atoms with Crippen molar-refractivity contribution in [1.29, 1.82) is 0 Å². The first-order valence-electron chi connectivity index (χ1n) is 8.31. The molecule has 2 fully saturated rings. The summed E-state index contributed by atoms with van der Waals surface area (Å²) in [5.74, 6) is 0.730. The van der Waals surface area contributed by atoms with Crippen LogP contribution in [0.5, 0.6) is 0 Å². The molecule has 124 valence electrons. The number of amides is 1. The number of nitrogens with two attached hydrogens (primary N) is 1. The summed E-state index contributed by atoms with van der Waals surface area (Å²) in [5.41, 5.74) is 5.59. The Morgan fingerprint density at radius 3 is 2.68 bits per heavy atom. The number of nitrogens with one attached hydrogen (secondary N) is 1. The topological polar surface area (TPSA) is 55.1 Å². The van der Waals surface area contributed by atoms with Gasteiger partial charge in [-0.1, -0.05) is 31.7 Å². The van der Waals surface area contributed by atoms with E-state index in [1.54, 1.807) is 11.3 Å². The molecule has 1 amide bonds. The molecule has 1 aromatic rings. The fourth-order valence-corrected chi connectivity index (χ4v) is 5.09. The Hall–Kier alpha value is -0.580. The first-order chi connectivity index (χ1) is 10.3. The maximum Gasteiger partial charge on any atom is 0.231 e. The first kappa shape index (κ1) is 17.8. The minimum absolute atomic E-state index is 0. The molecule has 1 aromatic heterocycles. The van der Waals surface area contributed by atoms with Crippen molar-refractivity contribution in [3.63, 3.8) is 0 Å². The van der Waals surface area contributed by atoms with Gasteiger partial charge in [0.05, 0.1) is 5.41 Å². The van der Waals surface area contributed by atoms with E-state index in [0.29, 0.717) is 18.5 Å². The van der Waals surface area contributed by atoms with Crippen molar-refractivity contribution in [2.75, 3.05) is 6.54 Å². The fraction of sp³-hybridized carbons (Fsp3) is 0.706. The molecule has 0 aromatic carbocycles. The van der Waals surface area contributed by atoms with E-state index in [1.165, 1.54) is 17.7 Å². The molecule has 0 bridgehead atoms. The fourth-order valence-electron chi connectivity index (χ4n) is 4.11. The summed E-state index contributed by atoms with van der Waals surface area (Å²) >= 11 is 1.74. The Bertz CT molecular complexity index is 471. The largest absolute Gasteiger partial charge is 0.352 e. The van der Waals surface area contributed by atoms with Gasteiger partial charge in [0, 0.05) is 10.9 Å². The molecular weight excluding hydrogens is 316 g/mol. The van der Waals surface area contributed by atoms with E-state index in [1.807, 2.05) is 0 Å². The van der Waals surface area contributed by atoms with Gasteiger partial charge >= 0.3 is 0 Å². The lowest BCUT2D eigenvalue weighted by atomic mass is 9.72. The second-order valence-corrected chi connectivity index (χ2v) is 7.57. The zero-order chi connectivity index (χ0) is 14.7. The van der Waals surface area contributed by atoms with Gasteiger partial charge in [-0.15, -0.1) is 23.7 Å². The maximum atomic E-state index is 13.1. The molecule has 2 unspecified atom stereocenters. The SMILES string of the molecule is Cl.NCC1CCCC1NC(=O)C1(c2cccs2)CCCCC1. The smallest absolute Gasteiger partial charge is 0.231 e. The van der Waals surface area contributed by atoms with Gasteiger partial charge in [0.25, 0.3) is 0 Å². The number of hydrogen-bond acceptors (Lipinski definition) is 3. The highest BCUT2D eigenvalue weighted by Crippen LogP contribution is 2.42. The van der Waals surface area contributed by atoms with Crippen LogP contribution in [0.15, 0.2) is 17.5 Å². The highest BCUT2D eigenvalue weighted by Gasteiger charge is 2.43. The molecular formula is C17H27ClN2OS. The third kappa shape index (κ3) is 3.34.